The molecule has 110 valence electrons. The van der Waals surface area contributed by atoms with Crippen molar-refractivity contribution < 1.29 is 0 Å². The van der Waals surface area contributed by atoms with Crippen LogP contribution >= 0.6 is 0 Å². The van der Waals surface area contributed by atoms with Crippen molar-refractivity contribution >= 4 is 0 Å². The molecule has 0 bridgehead atoms. The third-order valence-electron chi connectivity index (χ3n) is 4.88. The van der Waals surface area contributed by atoms with Crippen molar-refractivity contribution in [2.24, 2.45) is 0 Å². The molecule has 0 radical (unpaired) electrons. The molecule has 0 N–H and O–H groups in total. The minimum Gasteiger partial charge on any atom is -0.298 e. The Morgan fingerprint density at radius 3 is 2.40 bits per heavy atom. The first-order valence-corrected chi connectivity index (χ1v) is 8.27. The summed E-state index contributed by atoms with van der Waals surface area (Å²) in [5.41, 5.74) is 1.34. The van der Waals surface area contributed by atoms with Crippen LogP contribution in [0.5, 0.6) is 0 Å². The topological polar surface area (TPSA) is 19.4 Å². The number of pyridine rings is 1. The van der Waals surface area contributed by atoms with Crippen molar-refractivity contribution in [3.05, 3.63) is 30.1 Å². The van der Waals surface area contributed by atoms with E-state index in [0.717, 1.165) is 12.6 Å². The molecular formula is C17H27N3. The molecule has 2 fully saturated rings. The van der Waals surface area contributed by atoms with Gasteiger partial charge in [-0.2, -0.15) is 0 Å². The smallest absolute Gasteiger partial charge is 0.0312 e. The molecule has 2 aliphatic rings. The molecule has 1 aliphatic carbocycles. The molecule has 1 saturated carbocycles. The minimum atomic E-state index is 0.873. The monoisotopic (exact) mass is 273 g/mol. The van der Waals surface area contributed by atoms with Crippen LogP contribution in [0.25, 0.3) is 0 Å². The van der Waals surface area contributed by atoms with Gasteiger partial charge in [0.25, 0.3) is 0 Å². The van der Waals surface area contributed by atoms with Crippen LogP contribution in [0.1, 0.15) is 44.1 Å². The summed E-state index contributed by atoms with van der Waals surface area (Å²) in [6, 6.07) is 5.10. The highest BCUT2D eigenvalue weighted by atomic mass is 15.3. The lowest BCUT2D eigenvalue weighted by molar-refractivity contribution is 0.0851. The first-order valence-electron chi connectivity index (χ1n) is 8.27. The Morgan fingerprint density at radius 1 is 1.00 bits per heavy atom. The molecule has 1 aliphatic heterocycles. The Balaban J connectivity index is 1.46. The summed E-state index contributed by atoms with van der Waals surface area (Å²) < 4.78 is 0. The fraction of sp³-hybridized carbons (Fsp3) is 0.706. The van der Waals surface area contributed by atoms with Gasteiger partial charge in [0, 0.05) is 51.2 Å². The highest BCUT2D eigenvalue weighted by molar-refractivity contribution is 5.08. The second-order valence-corrected chi connectivity index (χ2v) is 6.32. The molecule has 2 heterocycles. The van der Waals surface area contributed by atoms with Gasteiger partial charge in [-0.3, -0.25) is 14.8 Å². The van der Waals surface area contributed by atoms with E-state index in [-0.39, 0.29) is 0 Å². The van der Waals surface area contributed by atoms with E-state index < -0.39 is 0 Å². The third-order valence-corrected chi connectivity index (χ3v) is 4.88. The summed E-state index contributed by atoms with van der Waals surface area (Å²) in [6.45, 7) is 6.00. The Bertz CT molecular complexity index is 376. The molecule has 0 amide bonds. The van der Waals surface area contributed by atoms with Crippen LogP contribution in [-0.4, -0.2) is 47.0 Å². The zero-order chi connectivity index (χ0) is 13.6. The van der Waals surface area contributed by atoms with Crippen molar-refractivity contribution in [1.82, 2.24) is 14.8 Å². The van der Waals surface area contributed by atoms with E-state index >= 15 is 0 Å². The molecule has 1 saturated heterocycles. The molecule has 0 aromatic carbocycles. The van der Waals surface area contributed by atoms with Crippen LogP contribution in [-0.2, 0) is 6.54 Å². The van der Waals surface area contributed by atoms with Gasteiger partial charge < -0.3 is 0 Å². The number of hydrogen-bond acceptors (Lipinski definition) is 3. The van der Waals surface area contributed by atoms with Crippen LogP contribution in [0.3, 0.4) is 0 Å². The van der Waals surface area contributed by atoms with Crippen LogP contribution in [0.15, 0.2) is 24.5 Å². The lowest BCUT2D eigenvalue weighted by atomic mass is 10.1. The molecule has 20 heavy (non-hydrogen) atoms. The Hall–Kier alpha value is -0.930. The zero-order valence-electron chi connectivity index (χ0n) is 12.5. The lowest BCUT2D eigenvalue weighted by Gasteiger charge is -2.39. The van der Waals surface area contributed by atoms with Crippen LogP contribution < -0.4 is 0 Å². The van der Waals surface area contributed by atoms with E-state index in [4.69, 9.17) is 0 Å². The maximum atomic E-state index is 4.21. The predicted molar refractivity (Wildman–Crippen MR) is 82.6 cm³/mol. The summed E-state index contributed by atoms with van der Waals surface area (Å²) >= 11 is 0. The Kier molecular flexibility index (Phi) is 5.04. The van der Waals surface area contributed by atoms with Gasteiger partial charge in [0.2, 0.25) is 0 Å². The summed E-state index contributed by atoms with van der Waals surface area (Å²) in [6.07, 6.45) is 12.5. The molecule has 3 rings (SSSR count). The Morgan fingerprint density at radius 2 is 1.75 bits per heavy atom. The Labute approximate surface area is 123 Å². The van der Waals surface area contributed by atoms with E-state index in [1.54, 1.807) is 0 Å². The normalized spacial score (nSPS) is 23.6. The lowest BCUT2D eigenvalue weighted by Crippen LogP contribution is -2.49. The average Bonchev–Trinajstić information content (AvgIpc) is 2.78. The molecule has 3 heteroatoms. The second-order valence-electron chi connectivity index (χ2n) is 6.32. The maximum absolute atomic E-state index is 4.21. The van der Waals surface area contributed by atoms with Crippen molar-refractivity contribution in [3.8, 4) is 0 Å². The molecule has 1 aromatic heterocycles. The van der Waals surface area contributed by atoms with E-state index in [1.165, 1.54) is 70.3 Å². The van der Waals surface area contributed by atoms with Crippen LogP contribution in [0.4, 0.5) is 0 Å². The van der Waals surface area contributed by atoms with Crippen LogP contribution in [0, 0.1) is 0 Å². The van der Waals surface area contributed by atoms with Crippen molar-refractivity contribution in [1.29, 1.82) is 0 Å². The van der Waals surface area contributed by atoms with Gasteiger partial charge in [-0.05, 0) is 24.5 Å². The fourth-order valence-corrected chi connectivity index (χ4v) is 3.66. The number of nitrogens with zero attached hydrogens (tertiary/aromatic N) is 3. The highest BCUT2D eigenvalue weighted by Gasteiger charge is 2.24. The van der Waals surface area contributed by atoms with Gasteiger partial charge in [0.1, 0.15) is 0 Å². The first kappa shape index (κ1) is 14.0. The SMILES string of the molecule is c1cncc(CN2CCN(C3CCCCCC3)CC2)c1. The van der Waals surface area contributed by atoms with E-state index in [9.17, 15) is 0 Å². The van der Waals surface area contributed by atoms with Crippen molar-refractivity contribution in [2.75, 3.05) is 26.2 Å². The van der Waals surface area contributed by atoms with Crippen molar-refractivity contribution in [2.45, 2.75) is 51.1 Å². The van der Waals surface area contributed by atoms with Gasteiger partial charge in [-0.15, -0.1) is 0 Å². The van der Waals surface area contributed by atoms with Gasteiger partial charge in [0.15, 0.2) is 0 Å². The maximum Gasteiger partial charge on any atom is 0.0312 e. The summed E-state index contributed by atoms with van der Waals surface area (Å²) in [5.74, 6) is 0. The molecular weight excluding hydrogens is 246 g/mol. The number of piperazine rings is 1. The quantitative estimate of drug-likeness (QED) is 0.789. The summed E-state index contributed by atoms with van der Waals surface area (Å²) in [4.78, 5) is 9.54. The largest absolute Gasteiger partial charge is 0.298 e. The predicted octanol–water partition coefficient (Wildman–Crippen LogP) is 2.92. The fourth-order valence-electron chi connectivity index (χ4n) is 3.66. The molecule has 3 nitrogen and oxygen atoms in total. The highest BCUT2D eigenvalue weighted by Crippen LogP contribution is 2.23. The van der Waals surface area contributed by atoms with E-state index in [2.05, 4.69) is 20.9 Å². The molecule has 0 unspecified atom stereocenters. The third kappa shape index (κ3) is 3.80. The summed E-state index contributed by atoms with van der Waals surface area (Å²) in [7, 11) is 0. The van der Waals surface area contributed by atoms with Crippen molar-refractivity contribution in [3.63, 3.8) is 0 Å². The molecule has 0 spiro atoms. The van der Waals surface area contributed by atoms with Gasteiger partial charge in [0.05, 0.1) is 0 Å². The second kappa shape index (κ2) is 7.19. The number of aromatic nitrogens is 1. The molecule has 0 atom stereocenters. The van der Waals surface area contributed by atoms with E-state index in [0.29, 0.717) is 0 Å². The van der Waals surface area contributed by atoms with Gasteiger partial charge >= 0.3 is 0 Å². The zero-order valence-corrected chi connectivity index (χ0v) is 12.5. The minimum absolute atomic E-state index is 0.873. The molecule has 1 aromatic rings. The van der Waals surface area contributed by atoms with Gasteiger partial charge in [-0.25, -0.2) is 0 Å². The standard InChI is InChI=1S/C17H27N3/c1-2-4-8-17(7-3-1)20-12-10-19(11-13-20)15-16-6-5-9-18-14-16/h5-6,9,14,17H,1-4,7-8,10-13,15H2. The van der Waals surface area contributed by atoms with Crippen LogP contribution in [0.2, 0.25) is 0 Å². The average molecular weight is 273 g/mol. The van der Waals surface area contributed by atoms with Gasteiger partial charge in [-0.1, -0.05) is 31.7 Å². The van der Waals surface area contributed by atoms with E-state index in [1.807, 2.05) is 18.5 Å². The summed E-state index contributed by atoms with van der Waals surface area (Å²) in [5, 5.41) is 0. The number of rotatable bonds is 3. The number of hydrogen-bond donors (Lipinski definition) is 0. The first-order chi connectivity index (χ1) is 9.92.